The van der Waals surface area contributed by atoms with Crippen molar-refractivity contribution in [2.24, 2.45) is 0 Å². The number of ether oxygens (including phenoxy) is 1. The van der Waals surface area contributed by atoms with Crippen LogP contribution in [-0.4, -0.2) is 12.5 Å². The van der Waals surface area contributed by atoms with Gasteiger partial charge >= 0.3 is 0 Å². The summed E-state index contributed by atoms with van der Waals surface area (Å²) < 4.78 is 5.76. The first-order valence-electron chi connectivity index (χ1n) is 8.55. The van der Waals surface area contributed by atoms with Crippen LogP contribution in [0.25, 0.3) is 0 Å². The summed E-state index contributed by atoms with van der Waals surface area (Å²) in [5, 5.41) is 2.90. The van der Waals surface area contributed by atoms with Crippen LogP contribution < -0.4 is 10.1 Å². The summed E-state index contributed by atoms with van der Waals surface area (Å²) in [4.78, 5) is 11.9. The van der Waals surface area contributed by atoms with Gasteiger partial charge < -0.3 is 10.1 Å². The molecule has 0 aliphatic carbocycles. The first kappa shape index (κ1) is 18.1. The van der Waals surface area contributed by atoms with Crippen molar-refractivity contribution in [1.29, 1.82) is 0 Å². The fourth-order valence-electron chi connectivity index (χ4n) is 2.67. The van der Waals surface area contributed by atoms with Crippen LogP contribution in [-0.2, 0) is 4.79 Å². The van der Waals surface area contributed by atoms with E-state index in [0.717, 1.165) is 11.4 Å². The lowest BCUT2D eigenvalue weighted by Crippen LogP contribution is -2.12. The maximum Gasteiger partial charge on any atom is 0.224 e. The van der Waals surface area contributed by atoms with Gasteiger partial charge in [-0.3, -0.25) is 4.79 Å². The second-order valence-electron chi connectivity index (χ2n) is 6.54. The zero-order valence-electron chi connectivity index (χ0n) is 15.1. The molecule has 3 nitrogen and oxygen atoms in total. The second kappa shape index (κ2) is 8.53. The van der Waals surface area contributed by atoms with Gasteiger partial charge in [-0.05, 0) is 61.6 Å². The normalized spacial score (nSPS) is 10.7. The first-order chi connectivity index (χ1) is 11.5. The molecule has 0 fully saturated rings. The number of carbonyl (C=O) groups excluding carboxylic acids is 1. The van der Waals surface area contributed by atoms with Gasteiger partial charge in [0.05, 0.1) is 6.61 Å². The van der Waals surface area contributed by atoms with E-state index in [0.29, 0.717) is 25.4 Å². The van der Waals surface area contributed by atoms with Crippen LogP contribution in [0.3, 0.4) is 0 Å². The van der Waals surface area contributed by atoms with E-state index in [1.165, 1.54) is 16.7 Å². The summed E-state index contributed by atoms with van der Waals surface area (Å²) >= 11 is 0. The molecule has 0 bridgehead atoms. The topological polar surface area (TPSA) is 38.3 Å². The minimum absolute atomic E-state index is 0.0220. The lowest BCUT2D eigenvalue weighted by atomic mass is 9.98. The van der Waals surface area contributed by atoms with Crippen molar-refractivity contribution in [2.45, 2.75) is 46.5 Å². The molecular weight excluding hydrogens is 298 g/mol. The summed E-state index contributed by atoms with van der Waals surface area (Å²) in [6, 6.07) is 14.0. The Bertz CT molecular complexity index is 675. The molecule has 0 heterocycles. The van der Waals surface area contributed by atoms with Crippen molar-refractivity contribution in [1.82, 2.24) is 0 Å². The van der Waals surface area contributed by atoms with E-state index in [-0.39, 0.29) is 5.91 Å². The van der Waals surface area contributed by atoms with Gasteiger partial charge in [0.1, 0.15) is 5.75 Å². The maximum absolute atomic E-state index is 11.9. The molecule has 3 heteroatoms. The van der Waals surface area contributed by atoms with E-state index in [4.69, 9.17) is 4.74 Å². The highest BCUT2D eigenvalue weighted by atomic mass is 16.5. The van der Waals surface area contributed by atoms with Crippen LogP contribution >= 0.6 is 0 Å². The fraction of sp³-hybridized carbons (Fsp3) is 0.381. The van der Waals surface area contributed by atoms with Crippen molar-refractivity contribution in [3.63, 3.8) is 0 Å². The Labute approximate surface area is 145 Å². The number of nitrogens with one attached hydrogen (secondary N) is 1. The Balaban J connectivity index is 1.73. The Kier molecular flexibility index (Phi) is 6.42. The zero-order valence-corrected chi connectivity index (χ0v) is 15.1. The molecule has 1 N–H and O–H groups in total. The highest BCUT2D eigenvalue weighted by Gasteiger charge is 2.06. The van der Waals surface area contributed by atoms with Crippen LogP contribution in [0, 0.1) is 13.8 Å². The van der Waals surface area contributed by atoms with E-state index in [1.54, 1.807) is 0 Å². The summed E-state index contributed by atoms with van der Waals surface area (Å²) in [5.41, 5.74) is 4.62. The molecule has 0 aromatic heterocycles. The van der Waals surface area contributed by atoms with Gasteiger partial charge in [-0.25, -0.2) is 0 Å². The molecule has 0 unspecified atom stereocenters. The third-order valence-electron chi connectivity index (χ3n) is 4.02. The number of carbonyl (C=O) groups is 1. The lowest BCUT2D eigenvalue weighted by molar-refractivity contribution is -0.116. The van der Waals surface area contributed by atoms with Crippen LogP contribution in [0.1, 0.15) is 49.3 Å². The molecule has 0 aliphatic rings. The maximum atomic E-state index is 11.9. The highest BCUT2D eigenvalue weighted by Crippen LogP contribution is 2.23. The molecule has 0 saturated carbocycles. The Morgan fingerprint density at radius 3 is 2.42 bits per heavy atom. The molecule has 0 radical (unpaired) electrons. The molecule has 0 atom stereocenters. The highest BCUT2D eigenvalue weighted by molar-refractivity contribution is 5.90. The number of aryl methyl sites for hydroxylation is 2. The summed E-state index contributed by atoms with van der Waals surface area (Å²) in [6.45, 7) is 9.06. The zero-order chi connectivity index (χ0) is 17.5. The number of hydrogen-bond acceptors (Lipinski definition) is 2. The van der Waals surface area contributed by atoms with E-state index in [1.807, 2.05) is 37.3 Å². The SMILES string of the molecule is Cc1ccc(NC(=O)CCCOc2ccc(C(C)C)c(C)c2)cc1. The molecule has 0 saturated heterocycles. The Morgan fingerprint density at radius 2 is 1.79 bits per heavy atom. The van der Waals surface area contributed by atoms with Crippen molar-refractivity contribution in [3.05, 3.63) is 59.2 Å². The van der Waals surface area contributed by atoms with Gasteiger partial charge in [-0.2, -0.15) is 0 Å². The minimum Gasteiger partial charge on any atom is -0.494 e. The quantitative estimate of drug-likeness (QED) is 0.708. The minimum atomic E-state index is 0.0220. The Morgan fingerprint density at radius 1 is 1.08 bits per heavy atom. The molecule has 2 aromatic carbocycles. The molecule has 0 spiro atoms. The summed E-state index contributed by atoms with van der Waals surface area (Å²) in [7, 11) is 0. The Hall–Kier alpha value is -2.29. The van der Waals surface area contributed by atoms with Crippen molar-refractivity contribution < 1.29 is 9.53 Å². The van der Waals surface area contributed by atoms with Crippen LogP contribution in [0.15, 0.2) is 42.5 Å². The van der Waals surface area contributed by atoms with Gasteiger partial charge in [0, 0.05) is 12.1 Å². The van der Waals surface area contributed by atoms with Gasteiger partial charge in [0.25, 0.3) is 0 Å². The average Bonchev–Trinajstić information content (AvgIpc) is 2.53. The molecule has 24 heavy (non-hydrogen) atoms. The van der Waals surface area contributed by atoms with Crippen molar-refractivity contribution in [2.75, 3.05) is 11.9 Å². The smallest absolute Gasteiger partial charge is 0.224 e. The third-order valence-corrected chi connectivity index (χ3v) is 4.02. The molecular formula is C21H27NO2. The molecule has 2 rings (SSSR count). The second-order valence-corrected chi connectivity index (χ2v) is 6.54. The van der Waals surface area contributed by atoms with E-state index in [2.05, 4.69) is 38.2 Å². The van der Waals surface area contributed by atoms with Gasteiger partial charge in [-0.1, -0.05) is 37.6 Å². The van der Waals surface area contributed by atoms with Gasteiger partial charge in [-0.15, -0.1) is 0 Å². The van der Waals surface area contributed by atoms with E-state index >= 15 is 0 Å². The predicted molar refractivity (Wildman–Crippen MR) is 99.8 cm³/mol. The third kappa shape index (κ3) is 5.41. The number of amides is 1. The predicted octanol–water partition coefficient (Wildman–Crippen LogP) is 5.22. The van der Waals surface area contributed by atoms with Crippen LogP contribution in [0.2, 0.25) is 0 Å². The average molecular weight is 325 g/mol. The summed E-state index contributed by atoms with van der Waals surface area (Å²) in [6.07, 6.45) is 1.15. The molecule has 0 aliphatic heterocycles. The van der Waals surface area contributed by atoms with E-state index in [9.17, 15) is 4.79 Å². The first-order valence-corrected chi connectivity index (χ1v) is 8.55. The number of benzene rings is 2. The van der Waals surface area contributed by atoms with Crippen molar-refractivity contribution >= 4 is 11.6 Å². The van der Waals surface area contributed by atoms with Crippen molar-refractivity contribution in [3.8, 4) is 5.75 Å². The van der Waals surface area contributed by atoms with Gasteiger partial charge in [0.2, 0.25) is 5.91 Å². The standard InChI is InChI=1S/C21H27NO2/c1-15(2)20-12-11-19(14-17(20)4)24-13-5-6-21(23)22-18-9-7-16(3)8-10-18/h7-12,14-15H,5-6,13H2,1-4H3,(H,22,23). The van der Waals surface area contributed by atoms with Gasteiger partial charge in [0.15, 0.2) is 0 Å². The monoisotopic (exact) mass is 325 g/mol. The molecule has 1 amide bonds. The lowest BCUT2D eigenvalue weighted by Gasteiger charge is -2.12. The van der Waals surface area contributed by atoms with E-state index < -0.39 is 0 Å². The van der Waals surface area contributed by atoms with Crippen LogP contribution in [0.5, 0.6) is 5.75 Å². The number of anilines is 1. The number of hydrogen-bond donors (Lipinski definition) is 1. The molecule has 128 valence electrons. The summed E-state index contributed by atoms with van der Waals surface area (Å²) in [5.74, 6) is 1.41. The fourth-order valence-corrected chi connectivity index (χ4v) is 2.67. The number of rotatable bonds is 7. The molecule has 2 aromatic rings. The largest absolute Gasteiger partial charge is 0.494 e. The van der Waals surface area contributed by atoms with Crippen LogP contribution in [0.4, 0.5) is 5.69 Å².